The Balaban J connectivity index is 3.40. The van der Waals surface area contributed by atoms with Crippen molar-refractivity contribution >= 4 is 23.4 Å². The Bertz CT molecular complexity index is 446. The highest BCUT2D eigenvalue weighted by Gasteiger charge is 2.21. The third-order valence-corrected chi connectivity index (χ3v) is 2.68. The molecule has 1 aromatic rings. The summed E-state index contributed by atoms with van der Waals surface area (Å²) in [6, 6.07) is 2.18. The molecule has 0 saturated carbocycles. The van der Waals surface area contributed by atoms with Crippen LogP contribution in [-0.4, -0.2) is 29.4 Å². The molecule has 6 nitrogen and oxygen atoms in total. The van der Waals surface area contributed by atoms with Crippen LogP contribution in [0.25, 0.3) is 0 Å². The Labute approximate surface area is 95.4 Å². The lowest BCUT2D eigenvalue weighted by Crippen LogP contribution is -2.04. The Kier molecular flexibility index (Phi) is 3.73. The highest BCUT2D eigenvalue weighted by molar-refractivity contribution is 7.98. The summed E-state index contributed by atoms with van der Waals surface area (Å²) in [6.07, 6.45) is 1.69. The van der Waals surface area contributed by atoms with Gasteiger partial charge in [-0.3, -0.25) is 10.1 Å². The number of nitro benzene ring substituents is 1. The second-order valence-electron chi connectivity index (χ2n) is 2.79. The normalized spacial score (nSPS) is 9.88. The van der Waals surface area contributed by atoms with Gasteiger partial charge in [-0.2, -0.15) is 0 Å². The molecule has 0 aliphatic carbocycles. The standard InChI is InChI=1S/C9H9NO5S/c1-15-9(12)5-3-6(10(13)14)7(11)4-8(5)16-2/h3-4,11H,1-2H3. The molecule has 1 rings (SSSR count). The fourth-order valence-corrected chi connectivity index (χ4v) is 1.73. The number of phenols is 1. The number of phenolic OH excluding ortho intramolecular Hbond substituents is 1. The number of rotatable bonds is 3. The Morgan fingerprint density at radius 1 is 1.56 bits per heavy atom. The van der Waals surface area contributed by atoms with Gasteiger partial charge in [0.1, 0.15) is 0 Å². The molecule has 1 aromatic carbocycles. The van der Waals surface area contributed by atoms with Gasteiger partial charge >= 0.3 is 11.7 Å². The fourth-order valence-electron chi connectivity index (χ4n) is 1.14. The van der Waals surface area contributed by atoms with Crippen molar-refractivity contribution in [2.75, 3.05) is 13.4 Å². The molecule has 0 radical (unpaired) electrons. The second-order valence-corrected chi connectivity index (χ2v) is 3.64. The monoisotopic (exact) mass is 243 g/mol. The van der Waals surface area contributed by atoms with Crippen molar-refractivity contribution in [2.45, 2.75) is 4.90 Å². The molecular weight excluding hydrogens is 234 g/mol. The minimum absolute atomic E-state index is 0.0690. The van der Waals surface area contributed by atoms with Gasteiger partial charge in [-0.25, -0.2) is 4.79 Å². The van der Waals surface area contributed by atoms with Crippen molar-refractivity contribution in [3.63, 3.8) is 0 Å². The van der Waals surface area contributed by atoms with Crippen molar-refractivity contribution in [3.8, 4) is 5.75 Å². The van der Waals surface area contributed by atoms with Crippen molar-refractivity contribution in [2.24, 2.45) is 0 Å². The number of nitrogens with zero attached hydrogens (tertiary/aromatic N) is 1. The molecule has 16 heavy (non-hydrogen) atoms. The molecule has 0 fully saturated rings. The zero-order chi connectivity index (χ0) is 12.3. The van der Waals surface area contributed by atoms with Crippen LogP contribution >= 0.6 is 11.8 Å². The minimum atomic E-state index is -0.758. The van der Waals surface area contributed by atoms with Crippen LogP contribution in [0.3, 0.4) is 0 Å². The first kappa shape index (κ1) is 12.3. The number of esters is 1. The molecule has 0 aliphatic heterocycles. The molecule has 1 N–H and O–H groups in total. The third-order valence-electron chi connectivity index (χ3n) is 1.90. The zero-order valence-electron chi connectivity index (χ0n) is 8.59. The average molecular weight is 243 g/mol. The van der Waals surface area contributed by atoms with Crippen LogP contribution in [0, 0.1) is 10.1 Å². The summed E-state index contributed by atoms with van der Waals surface area (Å²) in [7, 11) is 1.19. The minimum Gasteiger partial charge on any atom is -0.502 e. The lowest BCUT2D eigenvalue weighted by molar-refractivity contribution is -0.385. The van der Waals surface area contributed by atoms with E-state index >= 15 is 0 Å². The van der Waals surface area contributed by atoms with Gasteiger partial charge in [-0.05, 0) is 6.26 Å². The summed E-state index contributed by atoms with van der Waals surface area (Å²) < 4.78 is 4.50. The molecular formula is C9H9NO5S. The summed E-state index contributed by atoms with van der Waals surface area (Å²) in [5.74, 6) is -1.14. The van der Waals surface area contributed by atoms with Crippen molar-refractivity contribution in [3.05, 3.63) is 27.8 Å². The molecule has 7 heteroatoms. The highest BCUT2D eigenvalue weighted by atomic mass is 32.2. The molecule has 0 bridgehead atoms. The van der Waals surface area contributed by atoms with E-state index in [9.17, 15) is 20.0 Å². The number of carbonyl (C=O) groups excluding carboxylic acids is 1. The number of carbonyl (C=O) groups is 1. The topological polar surface area (TPSA) is 89.7 Å². The molecule has 0 aliphatic rings. The molecule has 0 spiro atoms. The van der Waals surface area contributed by atoms with E-state index in [0.29, 0.717) is 4.90 Å². The van der Waals surface area contributed by atoms with E-state index in [-0.39, 0.29) is 5.56 Å². The first-order valence-corrected chi connectivity index (χ1v) is 5.37. The van der Waals surface area contributed by atoms with E-state index in [0.717, 1.165) is 6.07 Å². The number of hydrogen-bond acceptors (Lipinski definition) is 6. The van der Waals surface area contributed by atoms with Crippen LogP contribution in [0.15, 0.2) is 17.0 Å². The number of methoxy groups -OCH3 is 1. The van der Waals surface area contributed by atoms with Gasteiger partial charge in [-0.1, -0.05) is 0 Å². The SMILES string of the molecule is COC(=O)c1cc([N+](=O)[O-])c(O)cc1SC. The van der Waals surface area contributed by atoms with E-state index in [1.807, 2.05) is 0 Å². The van der Waals surface area contributed by atoms with Crippen LogP contribution in [0.5, 0.6) is 5.75 Å². The molecule has 0 aromatic heterocycles. The number of benzene rings is 1. The summed E-state index contributed by atoms with van der Waals surface area (Å²) in [5.41, 5.74) is -0.447. The number of ether oxygens (including phenoxy) is 1. The van der Waals surface area contributed by atoms with E-state index in [1.165, 1.54) is 24.9 Å². The fraction of sp³-hybridized carbons (Fsp3) is 0.222. The van der Waals surface area contributed by atoms with Crippen LogP contribution in [0.1, 0.15) is 10.4 Å². The zero-order valence-corrected chi connectivity index (χ0v) is 9.41. The first-order chi connectivity index (χ1) is 7.51. The summed E-state index contributed by atoms with van der Waals surface area (Å²) in [5, 5.41) is 19.9. The van der Waals surface area contributed by atoms with Gasteiger partial charge in [0.05, 0.1) is 17.6 Å². The van der Waals surface area contributed by atoms with E-state index in [2.05, 4.69) is 4.74 Å². The lowest BCUT2D eigenvalue weighted by atomic mass is 10.2. The summed E-state index contributed by atoms with van der Waals surface area (Å²) in [6.45, 7) is 0. The predicted octanol–water partition coefficient (Wildman–Crippen LogP) is 1.81. The Hall–Kier alpha value is -1.76. The summed E-state index contributed by atoms with van der Waals surface area (Å²) >= 11 is 1.19. The number of thioether (sulfide) groups is 1. The molecule has 0 saturated heterocycles. The van der Waals surface area contributed by atoms with E-state index < -0.39 is 22.3 Å². The first-order valence-electron chi connectivity index (χ1n) is 4.15. The molecule has 86 valence electrons. The maximum Gasteiger partial charge on any atom is 0.339 e. The molecule has 0 atom stereocenters. The van der Waals surface area contributed by atoms with Crippen molar-refractivity contribution in [1.29, 1.82) is 0 Å². The quantitative estimate of drug-likeness (QED) is 0.377. The van der Waals surface area contributed by atoms with E-state index in [4.69, 9.17) is 0 Å². The second kappa shape index (κ2) is 4.84. The number of aromatic hydroxyl groups is 1. The third kappa shape index (κ3) is 2.25. The largest absolute Gasteiger partial charge is 0.502 e. The molecule has 0 amide bonds. The number of nitro groups is 1. The van der Waals surface area contributed by atoms with Crippen LogP contribution in [-0.2, 0) is 4.74 Å². The maximum atomic E-state index is 11.3. The Morgan fingerprint density at radius 2 is 2.19 bits per heavy atom. The smallest absolute Gasteiger partial charge is 0.339 e. The van der Waals surface area contributed by atoms with Gasteiger partial charge in [-0.15, -0.1) is 11.8 Å². The van der Waals surface area contributed by atoms with Gasteiger partial charge in [0, 0.05) is 17.0 Å². The van der Waals surface area contributed by atoms with Gasteiger partial charge in [0.25, 0.3) is 0 Å². The molecule has 0 heterocycles. The van der Waals surface area contributed by atoms with Gasteiger partial charge in [0.15, 0.2) is 5.75 Å². The van der Waals surface area contributed by atoms with E-state index in [1.54, 1.807) is 6.26 Å². The van der Waals surface area contributed by atoms with Crippen LogP contribution in [0.4, 0.5) is 5.69 Å². The molecule has 0 unspecified atom stereocenters. The van der Waals surface area contributed by atoms with Gasteiger partial charge in [0.2, 0.25) is 0 Å². The van der Waals surface area contributed by atoms with Crippen molar-refractivity contribution < 1.29 is 19.6 Å². The summed E-state index contributed by atoms with van der Waals surface area (Å²) in [4.78, 5) is 21.6. The van der Waals surface area contributed by atoms with Crippen LogP contribution in [0.2, 0.25) is 0 Å². The van der Waals surface area contributed by atoms with Gasteiger partial charge < -0.3 is 9.84 Å². The average Bonchev–Trinajstić information content (AvgIpc) is 2.27. The Morgan fingerprint density at radius 3 is 2.62 bits per heavy atom. The highest BCUT2D eigenvalue weighted by Crippen LogP contribution is 2.33. The number of hydrogen-bond donors (Lipinski definition) is 1. The lowest BCUT2D eigenvalue weighted by Gasteiger charge is -2.06. The predicted molar refractivity (Wildman–Crippen MR) is 57.9 cm³/mol. The van der Waals surface area contributed by atoms with Crippen LogP contribution < -0.4 is 0 Å². The maximum absolute atomic E-state index is 11.3. The van der Waals surface area contributed by atoms with Crippen molar-refractivity contribution in [1.82, 2.24) is 0 Å².